The van der Waals surface area contributed by atoms with Crippen LogP contribution in [-0.4, -0.2) is 73.9 Å². The van der Waals surface area contributed by atoms with E-state index in [4.69, 9.17) is 19.7 Å². The van der Waals surface area contributed by atoms with Gasteiger partial charge in [0, 0.05) is 12.1 Å². The maximum Gasteiger partial charge on any atom is 0.328 e. The number of phenolic OH excluding ortho intramolecular Hbond substituents is 1. The van der Waals surface area contributed by atoms with Crippen molar-refractivity contribution in [2.75, 3.05) is 6.61 Å². The quantitative estimate of drug-likeness (QED) is 0.357. The van der Waals surface area contributed by atoms with Crippen LogP contribution in [0, 0.1) is 0 Å². The molecule has 0 spiro atoms. The summed E-state index contributed by atoms with van der Waals surface area (Å²) < 4.78 is 10.5. The number of rotatable bonds is 5. The molecule has 0 saturated carbocycles. The molecule has 2 rings (SSSR count). The summed E-state index contributed by atoms with van der Waals surface area (Å²) in [5, 5.41) is 56.7. The molecular formula is C15H18O9. The standard InChI is InChI=1S/C15H18O9/c16-6-10-12(20)13(21)14(22)15(24-10)23-9-4-7(1-2-11(18)19)3-8(17)5-9/h1-5,10,12-17,20-22H,6H2,(H,18,19). The molecule has 132 valence electrons. The molecule has 5 unspecified atom stereocenters. The van der Waals surface area contributed by atoms with Crippen LogP contribution in [0.15, 0.2) is 24.3 Å². The lowest BCUT2D eigenvalue weighted by Crippen LogP contribution is -2.60. The molecule has 1 fully saturated rings. The summed E-state index contributed by atoms with van der Waals surface area (Å²) in [5.41, 5.74) is 0.317. The van der Waals surface area contributed by atoms with Gasteiger partial charge in [-0.15, -0.1) is 0 Å². The third-order valence-electron chi connectivity index (χ3n) is 3.43. The van der Waals surface area contributed by atoms with E-state index in [2.05, 4.69) is 0 Å². The molecule has 9 heteroatoms. The van der Waals surface area contributed by atoms with Gasteiger partial charge in [0.25, 0.3) is 0 Å². The van der Waals surface area contributed by atoms with E-state index >= 15 is 0 Å². The Balaban J connectivity index is 2.19. The highest BCUT2D eigenvalue weighted by molar-refractivity contribution is 5.85. The Morgan fingerprint density at radius 2 is 1.88 bits per heavy atom. The van der Waals surface area contributed by atoms with Crippen molar-refractivity contribution in [1.29, 1.82) is 0 Å². The highest BCUT2D eigenvalue weighted by atomic mass is 16.7. The monoisotopic (exact) mass is 342 g/mol. The van der Waals surface area contributed by atoms with Gasteiger partial charge in [-0.05, 0) is 23.8 Å². The number of aliphatic carboxylic acids is 1. The van der Waals surface area contributed by atoms with Gasteiger partial charge in [0.15, 0.2) is 0 Å². The van der Waals surface area contributed by atoms with Crippen molar-refractivity contribution in [3.63, 3.8) is 0 Å². The first-order valence-corrected chi connectivity index (χ1v) is 7.04. The number of aliphatic hydroxyl groups excluding tert-OH is 4. The predicted molar refractivity (Wildman–Crippen MR) is 79.2 cm³/mol. The topological polar surface area (TPSA) is 157 Å². The zero-order valence-electron chi connectivity index (χ0n) is 12.4. The average molecular weight is 342 g/mol. The van der Waals surface area contributed by atoms with E-state index in [9.17, 15) is 25.2 Å². The van der Waals surface area contributed by atoms with Crippen LogP contribution in [-0.2, 0) is 9.53 Å². The fourth-order valence-electron chi connectivity index (χ4n) is 2.24. The molecule has 1 aromatic rings. The molecule has 6 N–H and O–H groups in total. The molecule has 1 aliphatic rings. The number of hydrogen-bond donors (Lipinski definition) is 6. The Labute approximate surface area is 136 Å². The minimum absolute atomic E-state index is 0.0318. The molecule has 9 nitrogen and oxygen atoms in total. The van der Waals surface area contributed by atoms with Gasteiger partial charge in [-0.25, -0.2) is 4.79 Å². The van der Waals surface area contributed by atoms with E-state index in [1.54, 1.807) is 0 Å². The van der Waals surface area contributed by atoms with Crippen molar-refractivity contribution in [3.05, 3.63) is 29.8 Å². The van der Waals surface area contributed by atoms with E-state index in [-0.39, 0.29) is 11.5 Å². The number of aliphatic hydroxyl groups is 4. The zero-order valence-corrected chi connectivity index (χ0v) is 12.4. The van der Waals surface area contributed by atoms with Crippen LogP contribution in [0.25, 0.3) is 6.08 Å². The number of carboxylic acid groups (broad SMARTS) is 1. The summed E-state index contributed by atoms with van der Waals surface area (Å²) in [6.45, 7) is -0.600. The summed E-state index contributed by atoms with van der Waals surface area (Å²) >= 11 is 0. The number of aromatic hydroxyl groups is 1. The predicted octanol–water partition coefficient (Wildman–Crippen LogP) is -1.33. The molecule has 0 amide bonds. The van der Waals surface area contributed by atoms with Crippen LogP contribution in [0.3, 0.4) is 0 Å². The second-order valence-electron chi connectivity index (χ2n) is 5.25. The molecule has 0 aliphatic carbocycles. The summed E-state index contributed by atoms with van der Waals surface area (Å²) in [5.74, 6) is -1.36. The maximum atomic E-state index is 10.5. The first-order valence-electron chi connectivity index (χ1n) is 7.04. The lowest BCUT2D eigenvalue weighted by atomic mass is 9.99. The SMILES string of the molecule is O=C(O)C=Cc1cc(O)cc(OC2OC(CO)C(O)C(O)C2O)c1. The van der Waals surface area contributed by atoms with Gasteiger partial charge in [-0.2, -0.15) is 0 Å². The number of phenols is 1. The first kappa shape index (κ1) is 18.2. The van der Waals surface area contributed by atoms with Crippen LogP contribution in [0.4, 0.5) is 0 Å². The molecule has 1 heterocycles. The van der Waals surface area contributed by atoms with Crippen molar-refractivity contribution >= 4 is 12.0 Å². The average Bonchev–Trinajstić information content (AvgIpc) is 2.53. The Kier molecular flexibility index (Phi) is 5.75. The summed E-state index contributed by atoms with van der Waals surface area (Å²) in [6, 6.07) is 3.86. The van der Waals surface area contributed by atoms with Crippen molar-refractivity contribution in [3.8, 4) is 11.5 Å². The highest BCUT2D eigenvalue weighted by Gasteiger charge is 2.44. The molecule has 0 radical (unpaired) electrons. The number of carbonyl (C=O) groups is 1. The summed E-state index contributed by atoms with van der Waals surface area (Å²) in [7, 11) is 0. The molecule has 0 bridgehead atoms. The summed E-state index contributed by atoms with van der Waals surface area (Å²) in [4.78, 5) is 10.5. The fraction of sp³-hybridized carbons (Fsp3) is 0.400. The molecule has 1 aliphatic heterocycles. The van der Waals surface area contributed by atoms with Crippen LogP contribution < -0.4 is 4.74 Å². The second kappa shape index (κ2) is 7.60. The lowest BCUT2D eigenvalue weighted by Gasteiger charge is -2.39. The van der Waals surface area contributed by atoms with E-state index in [0.717, 1.165) is 6.08 Å². The van der Waals surface area contributed by atoms with Gasteiger partial charge in [0.1, 0.15) is 35.9 Å². The third-order valence-corrected chi connectivity index (χ3v) is 3.43. The highest BCUT2D eigenvalue weighted by Crippen LogP contribution is 2.28. The van der Waals surface area contributed by atoms with Crippen LogP contribution in [0.2, 0.25) is 0 Å². The first-order chi connectivity index (χ1) is 11.3. The number of hydrogen-bond acceptors (Lipinski definition) is 8. The Morgan fingerprint density at radius 1 is 1.17 bits per heavy atom. The van der Waals surface area contributed by atoms with E-state index < -0.39 is 43.3 Å². The van der Waals surface area contributed by atoms with Crippen molar-refractivity contribution in [1.82, 2.24) is 0 Å². The molecule has 24 heavy (non-hydrogen) atoms. The molecule has 0 aromatic heterocycles. The van der Waals surface area contributed by atoms with E-state index in [1.165, 1.54) is 24.3 Å². The van der Waals surface area contributed by atoms with Crippen molar-refractivity contribution < 1.29 is 44.9 Å². The van der Waals surface area contributed by atoms with Gasteiger partial charge < -0.3 is 40.1 Å². The lowest BCUT2D eigenvalue weighted by molar-refractivity contribution is -0.277. The minimum atomic E-state index is -1.59. The molecule has 1 aromatic carbocycles. The van der Waals surface area contributed by atoms with Crippen LogP contribution in [0.5, 0.6) is 11.5 Å². The maximum absolute atomic E-state index is 10.5. The van der Waals surface area contributed by atoms with Crippen LogP contribution in [0.1, 0.15) is 5.56 Å². The molecule has 1 saturated heterocycles. The van der Waals surface area contributed by atoms with Gasteiger partial charge in [0.2, 0.25) is 6.29 Å². The number of carboxylic acids is 1. The fourth-order valence-corrected chi connectivity index (χ4v) is 2.24. The smallest absolute Gasteiger partial charge is 0.328 e. The molecule has 5 atom stereocenters. The minimum Gasteiger partial charge on any atom is -0.508 e. The Hall–Kier alpha value is -2.17. The Bertz CT molecular complexity index is 613. The largest absolute Gasteiger partial charge is 0.508 e. The van der Waals surface area contributed by atoms with Crippen molar-refractivity contribution in [2.24, 2.45) is 0 Å². The number of ether oxygens (including phenoxy) is 2. The van der Waals surface area contributed by atoms with Gasteiger partial charge in [0.05, 0.1) is 6.61 Å². The zero-order chi connectivity index (χ0) is 17.9. The van der Waals surface area contributed by atoms with Gasteiger partial charge in [-0.3, -0.25) is 0 Å². The Morgan fingerprint density at radius 3 is 2.50 bits per heavy atom. The van der Waals surface area contributed by atoms with Gasteiger partial charge >= 0.3 is 5.97 Å². The van der Waals surface area contributed by atoms with Crippen LogP contribution >= 0.6 is 0 Å². The summed E-state index contributed by atoms with van der Waals surface area (Å²) in [6.07, 6.45) is -5.14. The van der Waals surface area contributed by atoms with Crippen molar-refractivity contribution in [2.45, 2.75) is 30.7 Å². The van der Waals surface area contributed by atoms with E-state index in [0.29, 0.717) is 5.56 Å². The molecular weight excluding hydrogens is 324 g/mol. The normalized spacial score (nSPS) is 30.4. The number of benzene rings is 1. The second-order valence-corrected chi connectivity index (χ2v) is 5.25. The van der Waals surface area contributed by atoms with Gasteiger partial charge in [-0.1, -0.05) is 0 Å². The third kappa shape index (κ3) is 4.22. The van der Waals surface area contributed by atoms with E-state index in [1.807, 2.05) is 0 Å².